The fourth-order valence-corrected chi connectivity index (χ4v) is 6.69. The van der Waals surface area contributed by atoms with Crippen molar-refractivity contribution in [1.29, 1.82) is 0 Å². The fraction of sp³-hybridized carbons (Fsp3) is 0.531. The van der Waals surface area contributed by atoms with E-state index in [1.165, 1.54) is 23.1 Å². The zero-order valence-corrected chi connectivity index (χ0v) is 25.1. The molecular weight excluding hydrogens is 528 g/mol. The van der Waals surface area contributed by atoms with Crippen LogP contribution < -0.4 is 14.4 Å². The molecule has 2 aromatic carbocycles. The maximum Gasteiger partial charge on any atom is 0.261 e. The van der Waals surface area contributed by atoms with Gasteiger partial charge in [0.05, 0.1) is 18.4 Å². The van der Waals surface area contributed by atoms with Crippen molar-refractivity contribution >= 4 is 35.1 Å². The molecule has 1 amide bonds. The minimum absolute atomic E-state index is 0.0731. The molecule has 1 aliphatic carbocycles. The number of hydrogen-bond acceptors (Lipinski definition) is 5. The number of nitrogens with one attached hydrogen (secondary N) is 1. The molecule has 5 rings (SSSR count). The molecule has 3 aliphatic rings. The third kappa shape index (κ3) is 7.33. The third-order valence-electron chi connectivity index (χ3n) is 7.99. The topological polar surface area (TPSA) is 61.8 Å². The van der Waals surface area contributed by atoms with E-state index >= 15 is 0 Å². The molecule has 0 spiro atoms. The zero-order valence-electron chi connectivity index (χ0n) is 23.5. The Morgan fingerprint density at radius 2 is 2.00 bits per heavy atom. The highest BCUT2D eigenvalue weighted by Gasteiger charge is 2.38. The van der Waals surface area contributed by atoms with Gasteiger partial charge < -0.3 is 14.7 Å². The van der Waals surface area contributed by atoms with Crippen LogP contribution in [0, 0.1) is 11.8 Å². The number of hydrogen-bond donors (Lipinski definition) is 2. The quantitative estimate of drug-likeness (QED) is 0.297. The van der Waals surface area contributed by atoms with Crippen LogP contribution in [0.1, 0.15) is 80.3 Å². The van der Waals surface area contributed by atoms with Crippen LogP contribution in [0.5, 0.6) is 5.75 Å². The van der Waals surface area contributed by atoms with Gasteiger partial charge in [0, 0.05) is 35.3 Å². The predicted molar refractivity (Wildman–Crippen MR) is 164 cm³/mol. The van der Waals surface area contributed by atoms with E-state index in [4.69, 9.17) is 16.3 Å². The van der Waals surface area contributed by atoms with Gasteiger partial charge in [0.25, 0.3) is 5.91 Å². The van der Waals surface area contributed by atoms with Gasteiger partial charge in [-0.1, -0.05) is 69.0 Å². The van der Waals surface area contributed by atoms with E-state index in [0.29, 0.717) is 18.1 Å². The Morgan fingerprint density at radius 3 is 2.77 bits per heavy atom. The Bertz CT molecular complexity index is 1140. The van der Waals surface area contributed by atoms with E-state index in [9.17, 15) is 9.90 Å². The van der Waals surface area contributed by atoms with Crippen molar-refractivity contribution in [1.82, 2.24) is 4.72 Å². The number of allylic oxidation sites excluding steroid dienone is 1. The van der Waals surface area contributed by atoms with Gasteiger partial charge in [0.1, 0.15) is 5.75 Å². The van der Waals surface area contributed by atoms with E-state index in [-0.39, 0.29) is 17.7 Å². The summed E-state index contributed by atoms with van der Waals surface area (Å²) in [7, 11) is 0. The smallest absolute Gasteiger partial charge is 0.261 e. The summed E-state index contributed by atoms with van der Waals surface area (Å²) in [6, 6.07) is 12.0. The Morgan fingerprint density at radius 1 is 1.15 bits per heavy atom. The lowest BCUT2D eigenvalue weighted by molar-refractivity contribution is 0.0461. The molecule has 7 heteroatoms. The predicted octanol–water partition coefficient (Wildman–Crippen LogP) is 7.42. The molecule has 1 fully saturated rings. The summed E-state index contributed by atoms with van der Waals surface area (Å²) < 4.78 is 9.40. The molecule has 2 heterocycles. The van der Waals surface area contributed by atoms with Crippen LogP contribution in [-0.2, 0) is 6.42 Å². The largest absolute Gasteiger partial charge is 0.491 e. The molecular formula is C32H43ClN2O3S. The third-order valence-corrected chi connectivity index (χ3v) is 9.05. The van der Waals surface area contributed by atoms with Gasteiger partial charge in [-0.25, -0.2) is 0 Å². The molecule has 212 valence electrons. The average molecular weight is 571 g/mol. The lowest BCUT2D eigenvalue weighted by Crippen LogP contribution is -2.44. The molecule has 2 N–H and O–H groups in total. The van der Waals surface area contributed by atoms with Crippen molar-refractivity contribution in [2.45, 2.75) is 71.3 Å². The number of ether oxygens (including phenoxy) is 1. The SMILES string of the molecule is CC.CCCc1cc(Cl)ccc1C1COc2ccc3cc2N(C1)CC1CCC1C(O)/C=C/CCCSNC3=O. The monoisotopic (exact) mass is 570 g/mol. The van der Waals surface area contributed by atoms with E-state index in [1.807, 2.05) is 44.2 Å². The van der Waals surface area contributed by atoms with Gasteiger partial charge in [-0.15, -0.1) is 0 Å². The van der Waals surface area contributed by atoms with Crippen molar-refractivity contribution in [2.75, 3.05) is 30.3 Å². The molecule has 5 nitrogen and oxygen atoms in total. The van der Waals surface area contributed by atoms with Crippen molar-refractivity contribution in [3.63, 3.8) is 0 Å². The van der Waals surface area contributed by atoms with Crippen LogP contribution in [-0.4, -0.2) is 42.6 Å². The summed E-state index contributed by atoms with van der Waals surface area (Å²) in [6.07, 6.45) is 9.72. The highest BCUT2D eigenvalue weighted by molar-refractivity contribution is 7.97. The zero-order chi connectivity index (χ0) is 27.8. The van der Waals surface area contributed by atoms with Crippen LogP contribution in [0.2, 0.25) is 5.02 Å². The second-order valence-corrected chi connectivity index (χ2v) is 11.9. The summed E-state index contributed by atoms with van der Waals surface area (Å²) in [5, 5.41) is 11.7. The summed E-state index contributed by atoms with van der Waals surface area (Å²) in [6.45, 7) is 8.39. The first-order valence-electron chi connectivity index (χ1n) is 14.6. The fourth-order valence-electron chi connectivity index (χ4n) is 5.84. The number of halogens is 1. The van der Waals surface area contributed by atoms with Crippen molar-refractivity contribution < 1.29 is 14.6 Å². The standard InChI is InChI=1S/C30H37ClN2O3S.C2H6/c1-2-6-20-15-24(31)10-12-25(20)23-18-33-17-22-8-11-26(22)28(34)7-4-3-5-14-37-32-30(35)21-9-13-29(36-19-23)27(33)16-21;1-2/h4,7,9-10,12-13,15-16,22-23,26,28,34H,2-3,5-6,8,11,14,17-19H2,1H3,(H,32,35);1-2H3/b7-4+;. The Labute approximate surface area is 243 Å². The van der Waals surface area contributed by atoms with E-state index in [2.05, 4.69) is 34.8 Å². The molecule has 0 radical (unpaired) electrons. The summed E-state index contributed by atoms with van der Waals surface area (Å²) in [5.74, 6) is 2.41. The van der Waals surface area contributed by atoms with Crippen molar-refractivity contribution in [3.05, 3.63) is 70.3 Å². The number of amides is 1. The first-order chi connectivity index (χ1) is 19.0. The molecule has 4 unspecified atom stereocenters. The second kappa shape index (κ2) is 14.5. The highest BCUT2D eigenvalue weighted by Crippen LogP contribution is 2.42. The van der Waals surface area contributed by atoms with Crippen LogP contribution in [0.3, 0.4) is 0 Å². The van der Waals surface area contributed by atoms with Gasteiger partial charge >= 0.3 is 0 Å². The maximum absolute atomic E-state index is 12.9. The minimum atomic E-state index is -0.406. The number of rotatable bonds is 3. The first-order valence-corrected chi connectivity index (χ1v) is 16.0. The van der Waals surface area contributed by atoms with Gasteiger partial charge in [-0.3, -0.25) is 9.52 Å². The van der Waals surface area contributed by atoms with Gasteiger partial charge in [0.2, 0.25) is 0 Å². The Kier molecular flexibility index (Phi) is 11.1. The van der Waals surface area contributed by atoms with Gasteiger partial charge in [-0.05, 0) is 85.4 Å². The highest BCUT2D eigenvalue weighted by atomic mass is 35.5. The van der Waals surface area contributed by atoms with E-state index in [0.717, 1.165) is 73.8 Å². The first kappa shape index (κ1) is 29.8. The summed E-state index contributed by atoms with van der Waals surface area (Å²) >= 11 is 7.81. The molecule has 0 aromatic heterocycles. The Hall–Kier alpha value is -2.15. The number of fused-ring (bicyclic) bond motifs is 2. The Balaban J connectivity index is 0.00000172. The number of aliphatic hydroxyl groups is 1. The number of aliphatic hydroxyl groups excluding tert-OH is 1. The van der Waals surface area contributed by atoms with E-state index in [1.54, 1.807) is 0 Å². The van der Waals surface area contributed by atoms with Crippen LogP contribution in [0.15, 0.2) is 48.6 Å². The second-order valence-electron chi connectivity index (χ2n) is 10.5. The number of benzene rings is 2. The molecule has 4 atom stereocenters. The normalized spacial score (nSPS) is 26.0. The van der Waals surface area contributed by atoms with Crippen molar-refractivity contribution in [2.24, 2.45) is 11.8 Å². The maximum atomic E-state index is 12.9. The molecule has 2 aliphatic heterocycles. The van der Waals surface area contributed by atoms with E-state index < -0.39 is 6.10 Å². The van der Waals surface area contributed by atoms with Crippen LogP contribution in [0.4, 0.5) is 5.69 Å². The van der Waals surface area contributed by atoms with Crippen LogP contribution in [0.25, 0.3) is 0 Å². The summed E-state index contributed by atoms with van der Waals surface area (Å²) in [4.78, 5) is 15.3. The number of carbonyl (C=O) groups is 1. The number of nitrogens with zero attached hydrogens (tertiary/aromatic N) is 1. The van der Waals surface area contributed by atoms with Crippen LogP contribution >= 0.6 is 23.5 Å². The molecule has 2 bridgehead atoms. The van der Waals surface area contributed by atoms with Gasteiger partial charge in [-0.2, -0.15) is 0 Å². The van der Waals surface area contributed by atoms with Gasteiger partial charge in [0.15, 0.2) is 0 Å². The summed E-state index contributed by atoms with van der Waals surface area (Å²) in [5.41, 5.74) is 4.18. The number of anilines is 1. The molecule has 39 heavy (non-hydrogen) atoms. The van der Waals surface area contributed by atoms with Crippen molar-refractivity contribution in [3.8, 4) is 5.75 Å². The lowest BCUT2D eigenvalue weighted by atomic mass is 9.70. The average Bonchev–Trinajstić information content (AvgIpc) is 3.10. The number of aryl methyl sites for hydroxylation is 1. The molecule has 2 aromatic rings. The molecule has 1 saturated carbocycles. The lowest BCUT2D eigenvalue weighted by Gasteiger charge is -2.42. The minimum Gasteiger partial charge on any atom is -0.491 e. The number of carbonyl (C=O) groups excluding carboxylic acids is 1. The molecule has 0 saturated heterocycles.